The quantitative estimate of drug-likeness (QED) is 0.742. The largest absolute Gasteiger partial charge is 0.504 e. The van der Waals surface area contributed by atoms with Gasteiger partial charge in [0.05, 0.1) is 0 Å². The van der Waals surface area contributed by atoms with Crippen LogP contribution in [0.3, 0.4) is 0 Å². The lowest BCUT2D eigenvalue weighted by Crippen LogP contribution is -1.94. The Balaban J connectivity index is 2.76. The van der Waals surface area contributed by atoms with Crippen LogP contribution >= 0.6 is 0 Å². The minimum atomic E-state index is -0.0808. The third-order valence-electron chi connectivity index (χ3n) is 3.79. The molecule has 94 valence electrons. The SMILES string of the molecule is Cc1cc(-c2cccc(O)c2O)c(C)c(C)c1C. The van der Waals surface area contributed by atoms with E-state index in [1.807, 2.05) is 13.0 Å². The van der Waals surface area contributed by atoms with Crippen molar-refractivity contribution < 1.29 is 10.2 Å². The number of rotatable bonds is 1. The molecule has 0 aliphatic rings. The maximum Gasteiger partial charge on any atom is 0.165 e. The predicted octanol–water partition coefficient (Wildman–Crippen LogP) is 4.00. The summed E-state index contributed by atoms with van der Waals surface area (Å²) < 4.78 is 0. The number of benzene rings is 2. The van der Waals surface area contributed by atoms with Gasteiger partial charge in [-0.2, -0.15) is 0 Å². The first kappa shape index (κ1) is 12.5. The molecule has 0 atom stereocenters. The maximum absolute atomic E-state index is 9.98. The second-order valence-corrected chi connectivity index (χ2v) is 4.79. The third-order valence-corrected chi connectivity index (χ3v) is 3.79. The normalized spacial score (nSPS) is 10.7. The molecule has 0 radical (unpaired) electrons. The van der Waals surface area contributed by atoms with Crippen LogP contribution < -0.4 is 0 Å². The summed E-state index contributed by atoms with van der Waals surface area (Å²) in [6.45, 7) is 8.29. The van der Waals surface area contributed by atoms with Crippen molar-refractivity contribution in [3.8, 4) is 22.6 Å². The van der Waals surface area contributed by atoms with Gasteiger partial charge >= 0.3 is 0 Å². The van der Waals surface area contributed by atoms with Crippen LogP contribution in [0, 0.1) is 27.7 Å². The Hall–Kier alpha value is -1.96. The number of phenols is 2. The Bertz CT molecular complexity index is 613. The van der Waals surface area contributed by atoms with E-state index in [-0.39, 0.29) is 11.5 Å². The Morgan fingerprint density at radius 3 is 2.11 bits per heavy atom. The lowest BCUT2D eigenvalue weighted by Gasteiger charge is -2.15. The first-order valence-corrected chi connectivity index (χ1v) is 6.02. The average Bonchev–Trinajstić information content (AvgIpc) is 2.35. The summed E-state index contributed by atoms with van der Waals surface area (Å²) >= 11 is 0. The molecule has 0 spiro atoms. The number of hydrogen-bond donors (Lipinski definition) is 2. The van der Waals surface area contributed by atoms with E-state index in [0.29, 0.717) is 5.56 Å². The summed E-state index contributed by atoms with van der Waals surface area (Å²) in [7, 11) is 0. The molecule has 2 nitrogen and oxygen atoms in total. The van der Waals surface area contributed by atoms with Gasteiger partial charge < -0.3 is 10.2 Å². The second kappa shape index (κ2) is 4.37. The zero-order valence-electron chi connectivity index (χ0n) is 11.2. The molecule has 2 rings (SSSR count). The Labute approximate surface area is 108 Å². The van der Waals surface area contributed by atoms with Gasteiger partial charge in [-0.1, -0.05) is 18.2 Å². The highest BCUT2D eigenvalue weighted by Crippen LogP contribution is 2.39. The maximum atomic E-state index is 9.98. The van der Waals surface area contributed by atoms with Crippen molar-refractivity contribution in [1.29, 1.82) is 0 Å². The number of aryl methyl sites for hydroxylation is 1. The first-order chi connectivity index (χ1) is 8.43. The van der Waals surface area contributed by atoms with E-state index < -0.39 is 0 Å². The van der Waals surface area contributed by atoms with E-state index in [1.165, 1.54) is 22.8 Å². The minimum Gasteiger partial charge on any atom is -0.504 e. The van der Waals surface area contributed by atoms with Crippen LogP contribution in [0.5, 0.6) is 11.5 Å². The molecule has 2 heteroatoms. The van der Waals surface area contributed by atoms with Gasteiger partial charge in [0.2, 0.25) is 0 Å². The van der Waals surface area contributed by atoms with Crippen molar-refractivity contribution in [2.24, 2.45) is 0 Å². The predicted molar refractivity (Wildman–Crippen MR) is 74.2 cm³/mol. The fourth-order valence-electron chi connectivity index (χ4n) is 2.24. The van der Waals surface area contributed by atoms with Gasteiger partial charge in [0.15, 0.2) is 11.5 Å². The highest BCUT2D eigenvalue weighted by molar-refractivity contribution is 5.77. The lowest BCUT2D eigenvalue weighted by atomic mass is 9.90. The summed E-state index contributed by atoms with van der Waals surface area (Å²) in [5.74, 6) is -0.133. The monoisotopic (exact) mass is 242 g/mol. The van der Waals surface area contributed by atoms with Gasteiger partial charge in [0.1, 0.15) is 0 Å². The zero-order valence-corrected chi connectivity index (χ0v) is 11.2. The molecule has 2 aromatic rings. The number of para-hydroxylation sites is 1. The van der Waals surface area contributed by atoms with Crippen LogP contribution in [0.4, 0.5) is 0 Å². The van der Waals surface area contributed by atoms with Crippen LogP contribution in [0.15, 0.2) is 24.3 Å². The standard InChI is InChI=1S/C16H18O2/c1-9-8-14(12(4)11(3)10(9)2)13-6-5-7-15(17)16(13)18/h5-8,17-18H,1-4H3. The number of hydrogen-bond acceptors (Lipinski definition) is 2. The molecule has 0 fully saturated rings. The Morgan fingerprint density at radius 1 is 0.778 bits per heavy atom. The average molecular weight is 242 g/mol. The van der Waals surface area contributed by atoms with Gasteiger partial charge in [-0.25, -0.2) is 0 Å². The second-order valence-electron chi connectivity index (χ2n) is 4.79. The fourth-order valence-corrected chi connectivity index (χ4v) is 2.24. The molecule has 0 aliphatic carbocycles. The van der Waals surface area contributed by atoms with Crippen molar-refractivity contribution in [1.82, 2.24) is 0 Å². The van der Waals surface area contributed by atoms with Crippen LogP contribution in [0.2, 0.25) is 0 Å². The molecule has 2 aromatic carbocycles. The summed E-state index contributed by atoms with van der Waals surface area (Å²) in [5, 5.41) is 19.6. The van der Waals surface area contributed by atoms with E-state index in [4.69, 9.17) is 0 Å². The van der Waals surface area contributed by atoms with Gasteiger partial charge in [-0.3, -0.25) is 0 Å². The molecular weight excluding hydrogens is 224 g/mol. The van der Waals surface area contributed by atoms with Crippen molar-refractivity contribution in [3.63, 3.8) is 0 Å². The van der Waals surface area contributed by atoms with Crippen LogP contribution in [0.25, 0.3) is 11.1 Å². The Morgan fingerprint density at radius 2 is 1.44 bits per heavy atom. The minimum absolute atomic E-state index is 0.0525. The molecule has 0 amide bonds. The van der Waals surface area contributed by atoms with Gasteiger partial charge in [0.25, 0.3) is 0 Å². The van der Waals surface area contributed by atoms with E-state index in [0.717, 1.165) is 11.1 Å². The lowest BCUT2D eigenvalue weighted by molar-refractivity contribution is 0.405. The molecule has 0 saturated carbocycles. The smallest absolute Gasteiger partial charge is 0.165 e. The van der Waals surface area contributed by atoms with Crippen LogP contribution in [-0.4, -0.2) is 10.2 Å². The molecule has 2 N–H and O–H groups in total. The van der Waals surface area contributed by atoms with Crippen molar-refractivity contribution >= 4 is 0 Å². The van der Waals surface area contributed by atoms with Crippen molar-refractivity contribution in [2.45, 2.75) is 27.7 Å². The van der Waals surface area contributed by atoms with E-state index in [1.54, 1.807) is 6.07 Å². The summed E-state index contributed by atoms with van der Waals surface area (Å²) in [6.07, 6.45) is 0. The van der Waals surface area contributed by atoms with Crippen molar-refractivity contribution in [3.05, 3.63) is 46.5 Å². The van der Waals surface area contributed by atoms with E-state index in [2.05, 4.69) is 26.8 Å². The topological polar surface area (TPSA) is 40.5 Å². The van der Waals surface area contributed by atoms with E-state index >= 15 is 0 Å². The van der Waals surface area contributed by atoms with Crippen LogP contribution in [0.1, 0.15) is 22.3 Å². The highest BCUT2D eigenvalue weighted by atomic mass is 16.3. The molecule has 0 bridgehead atoms. The summed E-state index contributed by atoms with van der Waals surface area (Å²) in [5.41, 5.74) is 6.49. The summed E-state index contributed by atoms with van der Waals surface area (Å²) in [4.78, 5) is 0. The molecule has 0 aliphatic heterocycles. The molecule has 0 aromatic heterocycles. The Kier molecular flexibility index (Phi) is 3.04. The molecular formula is C16H18O2. The molecule has 0 unspecified atom stereocenters. The van der Waals surface area contributed by atoms with Gasteiger partial charge in [-0.05, 0) is 61.6 Å². The van der Waals surface area contributed by atoms with Crippen LogP contribution in [-0.2, 0) is 0 Å². The molecule has 0 heterocycles. The first-order valence-electron chi connectivity index (χ1n) is 6.02. The highest BCUT2D eigenvalue weighted by Gasteiger charge is 2.13. The van der Waals surface area contributed by atoms with Gasteiger partial charge in [0, 0.05) is 5.56 Å². The molecule has 18 heavy (non-hydrogen) atoms. The van der Waals surface area contributed by atoms with E-state index in [9.17, 15) is 10.2 Å². The summed E-state index contributed by atoms with van der Waals surface area (Å²) in [6, 6.07) is 7.12. The van der Waals surface area contributed by atoms with Gasteiger partial charge in [-0.15, -0.1) is 0 Å². The third kappa shape index (κ3) is 1.84. The number of aromatic hydroxyl groups is 2. The van der Waals surface area contributed by atoms with Crippen molar-refractivity contribution in [2.75, 3.05) is 0 Å². The zero-order chi connectivity index (χ0) is 13.4. The molecule has 0 saturated heterocycles. The number of phenolic OH excluding ortho intramolecular Hbond substituents is 2. The fraction of sp³-hybridized carbons (Fsp3) is 0.250.